The summed E-state index contributed by atoms with van der Waals surface area (Å²) in [5, 5.41) is 0. The Hall–Kier alpha value is -6.64. The molecule has 14 fully saturated rings. The van der Waals surface area contributed by atoms with Crippen LogP contribution < -0.4 is 0 Å². The zero-order valence-corrected chi connectivity index (χ0v) is 56.6. The molecule has 0 amide bonds. The number of fused-ring (bicyclic) bond motifs is 7. The van der Waals surface area contributed by atoms with Crippen molar-refractivity contribution >= 4 is 71.6 Å². The normalized spacial score (nSPS) is 30.6. The number of esters is 12. The van der Waals surface area contributed by atoms with Gasteiger partial charge in [0.2, 0.25) is 0 Å². The zero-order valence-electron chi connectivity index (χ0n) is 56.6. The first-order valence-corrected chi connectivity index (χ1v) is 36.3. The number of carbonyl (C=O) groups is 12. The molecule has 31 nitrogen and oxygen atoms in total. The highest BCUT2D eigenvalue weighted by Gasteiger charge is 2.55. The molecular formula is C88H164O31. The molecule has 0 aromatic heterocycles. The second kappa shape index (κ2) is 56.9. The van der Waals surface area contributed by atoms with Gasteiger partial charge in [0.1, 0.15) is 0 Å². The van der Waals surface area contributed by atoms with Crippen molar-refractivity contribution < 1.29 is 148 Å². The van der Waals surface area contributed by atoms with Gasteiger partial charge in [-0.1, -0.05) is 134 Å². The topological polar surface area (TPSA) is 403 Å². The Morgan fingerprint density at radius 1 is 0.202 bits per heavy atom. The lowest BCUT2D eigenvalue weighted by molar-refractivity contribution is -0.174. The SMILES string of the molecule is C.C.C.C.C.C.C.C.C.C.C.C.C.C.C.C.C.C.O=C(COC(=O)C1CC2OC2CC1C(=O)OCC(=O)OCC1CCC2OC2C1)OCC1CCC2OC2C1.O=C(COC(=O)CC(C(=O)OCC(=O)OCC1CCC2OC2C1)C(CC(=O)OCC(=O)OCC1CCC2OC2C1)C(=O)OCC(=O)OCC1CCC2OC2C1)OCC1CCC2OC2C1. The van der Waals surface area contributed by atoms with Gasteiger partial charge in [-0.3, -0.25) is 28.8 Å². The van der Waals surface area contributed by atoms with E-state index in [1.54, 1.807) is 0 Å². The van der Waals surface area contributed by atoms with Crippen LogP contribution in [0.15, 0.2) is 0 Å². The summed E-state index contributed by atoms with van der Waals surface area (Å²) in [4.78, 5) is 154. The molecule has 0 spiro atoms. The van der Waals surface area contributed by atoms with Crippen molar-refractivity contribution in [1.82, 2.24) is 0 Å². The number of hydrogen-bond acceptors (Lipinski definition) is 31. The minimum Gasteiger partial charge on any atom is -0.463 e. The van der Waals surface area contributed by atoms with Gasteiger partial charge in [0.05, 0.1) is 162 Å². The van der Waals surface area contributed by atoms with Crippen molar-refractivity contribution in [2.24, 2.45) is 59.2 Å². The first-order chi connectivity index (χ1) is 48.8. The Balaban J connectivity index is -0.000000509. The van der Waals surface area contributed by atoms with Gasteiger partial charge in [-0.25, -0.2) is 28.8 Å². The molecule has 7 heterocycles. The van der Waals surface area contributed by atoms with Crippen LogP contribution in [0.25, 0.3) is 0 Å². The van der Waals surface area contributed by atoms with Crippen LogP contribution in [-0.4, -0.2) is 236 Å². The molecule has 24 atom stereocenters. The Bertz CT molecular complexity index is 2860. The van der Waals surface area contributed by atoms with Crippen molar-refractivity contribution in [3.05, 3.63) is 0 Å². The fourth-order valence-corrected chi connectivity index (χ4v) is 15.8. The van der Waals surface area contributed by atoms with E-state index in [9.17, 15) is 57.5 Å². The molecule has 31 heteroatoms. The third kappa shape index (κ3) is 37.1. The predicted molar refractivity (Wildman–Crippen MR) is 450 cm³/mol. The maximum absolute atomic E-state index is 13.8. The fraction of sp³-hybridized carbons (Fsp3) is 0.864. The number of hydrogen-bond donors (Lipinski definition) is 0. The summed E-state index contributed by atoms with van der Waals surface area (Å²) in [5.41, 5.74) is 0. The number of epoxide rings is 7. The van der Waals surface area contributed by atoms with E-state index < -0.39 is 148 Å². The van der Waals surface area contributed by atoms with Gasteiger partial charge in [0, 0.05) is 0 Å². The number of rotatable bonds is 33. The minimum atomic E-state index is -1.89. The van der Waals surface area contributed by atoms with Crippen molar-refractivity contribution in [2.45, 2.75) is 360 Å². The van der Waals surface area contributed by atoms with Crippen LogP contribution in [0.3, 0.4) is 0 Å². The molecule has 7 aliphatic carbocycles. The Morgan fingerprint density at radius 2 is 0.378 bits per heavy atom. The quantitative estimate of drug-likeness (QED) is 0.0334. The van der Waals surface area contributed by atoms with Crippen LogP contribution in [0.5, 0.6) is 0 Å². The summed E-state index contributed by atoms with van der Waals surface area (Å²) < 4.78 is 102. The largest absolute Gasteiger partial charge is 0.463 e. The smallest absolute Gasteiger partial charge is 0.344 e. The molecule has 702 valence electrons. The highest BCUT2D eigenvalue weighted by Crippen LogP contribution is 2.46. The molecule has 7 aliphatic heterocycles. The number of carbonyl (C=O) groups excluding carboxylic acids is 12. The van der Waals surface area contributed by atoms with Crippen LogP contribution in [0.2, 0.25) is 0 Å². The average Bonchev–Trinajstić information content (AvgIpc) is 1.56. The molecule has 7 saturated carbocycles. The number of ether oxygens (including phenoxy) is 19. The van der Waals surface area contributed by atoms with Crippen molar-refractivity contribution in [3.8, 4) is 0 Å². The molecule has 7 saturated heterocycles. The molecule has 119 heavy (non-hydrogen) atoms. The molecule has 0 aromatic carbocycles. The lowest BCUT2D eigenvalue weighted by Crippen LogP contribution is -2.39. The predicted octanol–water partition coefficient (Wildman–Crippen LogP) is 14.2. The molecule has 0 aromatic rings. The van der Waals surface area contributed by atoms with Crippen molar-refractivity contribution in [3.63, 3.8) is 0 Å². The van der Waals surface area contributed by atoms with Gasteiger partial charge in [0.25, 0.3) is 0 Å². The van der Waals surface area contributed by atoms with Crippen LogP contribution in [-0.2, 0) is 148 Å². The fourth-order valence-electron chi connectivity index (χ4n) is 15.8. The van der Waals surface area contributed by atoms with E-state index in [0.29, 0.717) is 37.3 Å². The molecular weight excluding hydrogens is 1550 g/mol. The van der Waals surface area contributed by atoms with E-state index in [1.165, 1.54) is 0 Å². The second-order valence-corrected chi connectivity index (χ2v) is 29.7. The summed E-state index contributed by atoms with van der Waals surface area (Å²) in [6, 6.07) is 0. The Kier molecular flexibility index (Phi) is 58.9. The third-order valence-electron chi connectivity index (χ3n) is 22.2. The monoisotopic (exact) mass is 1720 g/mol. The standard InChI is InChI=1S/C44H58O20.C26H34O11.18CH4/c45-37(57-19-39(47)53-15-23-1-5-29-33(9-23)61-29)13-27(43(51)59-21-41(49)55-17-25-3-7-31-35(11-25)63-31)28(44(52)60-22-42(50)56-18-26-4-8-32-36(12-26)64-32)14-38(46)58-20-40(48)54-16-24-2-6-30-34(10-24)62-30;27-23(31-9-13-1-3-17-19(5-13)35-17)11-33-25(29)15-7-21-22(37-21)8-16(15)26(30)34-12-24(28)32-10-14-2-4-18-20(6-14)36-18;;;;;;;;;;;;;;;;;;/h23-36H,1-22H2;13-22H,1-12H2;18*1H4. The van der Waals surface area contributed by atoms with Gasteiger partial charge in [-0.2, -0.15) is 0 Å². The lowest BCUT2D eigenvalue weighted by atomic mass is 9.79. The Morgan fingerprint density at radius 3 is 0.580 bits per heavy atom. The van der Waals surface area contributed by atoms with Crippen LogP contribution >= 0.6 is 0 Å². The highest BCUT2D eigenvalue weighted by molar-refractivity contribution is 5.91. The highest BCUT2D eigenvalue weighted by atomic mass is 16.6. The summed E-state index contributed by atoms with van der Waals surface area (Å²) in [5.74, 6) is -15.6. The van der Waals surface area contributed by atoms with Crippen molar-refractivity contribution in [2.75, 3.05) is 79.3 Å². The Labute approximate surface area is 715 Å². The van der Waals surface area contributed by atoms with Crippen LogP contribution in [0, 0.1) is 59.2 Å². The van der Waals surface area contributed by atoms with E-state index in [-0.39, 0.29) is 270 Å². The second-order valence-electron chi connectivity index (χ2n) is 29.7. The summed E-state index contributed by atoms with van der Waals surface area (Å²) >= 11 is 0. The maximum Gasteiger partial charge on any atom is 0.344 e. The van der Waals surface area contributed by atoms with E-state index in [0.717, 1.165) is 116 Å². The molecule has 0 radical (unpaired) electrons. The minimum absolute atomic E-state index is 0. The van der Waals surface area contributed by atoms with Gasteiger partial charge in [-0.15, -0.1) is 0 Å². The molecule has 14 rings (SSSR count). The summed E-state index contributed by atoms with van der Waals surface area (Å²) in [7, 11) is 0. The van der Waals surface area contributed by atoms with E-state index in [1.807, 2.05) is 0 Å². The molecule has 0 N–H and O–H groups in total. The van der Waals surface area contributed by atoms with Gasteiger partial charge in [0.15, 0.2) is 39.6 Å². The summed E-state index contributed by atoms with van der Waals surface area (Å²) in [6.07, 6.45) is 16.7. The average molecular weight is 1720 g/mol. The van der Waals surface area contributed by atoms with Crippen molar-refractivity contribution in [1.29, 1.82) is 0 Å². The third-order valence-corrected chi connectivity index (χ3v) is 22.2. The van der Waals surface area contributed by atoms with Gasteiger partial charge >= 0.3 is 71.6 Å². The van der Waals surface area contributed by atoms with E-state index in [4.69, 9.17) is 90.0 Å². The lowest BCUT2D eigenvalue weighted by Gasteiger charge is -2.26. The van der Waals surface area contributed by atoms with E-state index >= 15 is 0 Å². The maximum atomic E-state index is 13.8. The van der Waals surface area contributed by atoms with Gasteiger partial charge < -0.3 is 90.0 Å². The van der Waals surface area contributed by atoms with Crippen LogP contribution in [0.1, 0.15) is 275 Å². The van der Waals surface area contributed by atoms with E-state index in [2.05, 4.69) is 0 Å². The molecule has 14 aliphatic rings. The first kappa shape index (κ1) is 123. The molecule has 0 bridgehead atoms. The zero-order chi connectivity index (χ0) is 70.3. The van der Waals surface area contributed by atoms with Crippen LogP contribution in [0.4, 0.5) is 0 Å². The summed E-state index contributed by atoms with van der Waals surface area (Å²) in [6.45, 7) is -3.61. The first-order valence-electron chi connectivity index (χ1n) is 36.3. The molecule has 24 unspecified atom stereocenters. The van der Waals surface area contributed by atoms with Gasteiger partial charge in [-0.05, 0) is 164 Å².